The molecule has 0 bridgehead atoms. The Balaban J connectivity index is 1.90. The summed E-state index contributed by atoms with van der Waals surface area (Å²) in [6, 6.07) is 20.8. The second-order valence-electron chi connectivity index (χ2n) is 5.40. The molecule has 0 unspecified atom stereocenters. The number of benzene rings is 2. The number of rotatable bonds is 6. The van der Waals surface area contributed by atoms with Crippen molar-refractivity contribution in [3.05, 3.63) is 93.7 Å². The lowest BCUT2D eigenvalue weighted by Gasteiger charge is -2.19. The quantitative estimate of drug-likeness (QED) is 0.453. The number of esters is 1. The van der Waals surface area contributed by atoms with Crippen molar-refractivity contribution >= 4 is 34.1 Å². The molecule has 3 rings (SSSR count). The van der Waals surface area contributed by atoms with Gasteiger partial charge in [-0.15, -0.1) is 11.3 Å². The van der Waals surface area contributed by atoms with Crippen molar-refractivity contribution in [1.29, 1.82) is 0 Å². The first-order valence-electron chi connectivity index (χ1n) is 7.70. The van der Waals surface area contributed by atoms with Crippen LogP contribution in [-0.2, 0) is 16.0 Å². The minimum Gasteiger partial charge on any atom is -0.449 e. The Morgan fingerprint density at radius 2 is 1.48 bits per heavy atom. The molecule has 2 aromatic carbocycles. The standard InChI is InChI=1S/C20H15ClO3S/c21-18(22)13-17-16(11-12-25-17)20(23)24-19(14-7-3-1-4-8-14)15-9-5-2-6-10-15/h1-12,19H,13H2. The number of carbonyl (C=O) groups is 2. The SMILES string of the molecule is O=C(Cl)Cc1sccc1C(=O)OC(c1ccccc1)c1ccccc1. The van der Waals surface area contributed by atoms with E-state index >= 15 is 0 Å². The topological polar surface area (TPSA) is 43.4 Å². The first kappa shape index (κ1) is 17.4. The molecule has 5 heteroatoms. The second-order valence-corrected chi connectivity index (χ2v) is 6.82. The number of thiophene rings is 1. The van der Waals surface area contributed by atoms with Gasteiger partial charge in [0.1, 0.15) is 0 Å². The van der Waals surface area contributed by atoms with Crippen LogP contribution < -0.4 is 0 Å². The maximum Gasteiger partial charge on any atom is 0.340 e. The van der Waals surface area contributed by atoms with E-state index < -0.39 is 17.3 Å². The zero-order chi connectivity index (χ0) is 17.6. The zero-order valence-corrected chi connectivity index (χ0v) is 14.8. The van der Waals surface area contributed by atoms with Crippen LogP contribution in [0.5, 0.6) is 0 Å². The number of halogens is 1. The van der Waals surface area contributed by atoms with Gasteiger partial charge in [-0.25, -0.2) is 4.79 Å². The van der Waals surface area contributed by atoms with Crippen molar-refractivity contribution in [1.82, 2.24) is 0 Å². The van der Waals surface area contributed by atoms with Gasteiger partial charge in [-0.2, -0.15) is 0 Å². The Kier molecular flexibility index (Phi) is 5.64. The van der Waals surface area contributed by atoms with Crippen molar-refractivity contribution in [2.24, 2.45) is 0 Å². The highest BCUT2D eigenvalue weighted by molar-refractivity contribution is 7.10. The van der Waals surface area contributed by atoms with E-state index in [1.54, 1.807) is 11.4 Å². The van der Waals surface area contributed by atoms with Gasteiger partial charge in [0.25, 0.3) is 0 Å². The summed E-state index contributed by atoms with van der Waals surface area (Å²) in [5, 5.41) is 1.25. The Hall–Kier alpha value is -2.43. The lowest BCUT2D eigenvalue weighted by atomic mass is 10.0. The minimum absolute atomic E-state index is 0.0188. The van der Waals surface area contributed by atoms with E-state index in [1.807, 2.05) is 60.7 Å². The Morgan fingerprint density at radius 1 is 0.920 bits per heavy atom. The van der Waals surface area contributed by atoms with Crippen LogP contribution in [0, 0.1) is 0 Å². The van der Waals surface area contributed by atoms with E-state index in [2.05, 4.69) is 0 Å². The summed E-state index contributed by atoms with van der Waals surface area (Å²) in [4.78, 5) is 24.5. The molecule has 0 aliphatic heterocycles. The van der Waals surface area contributed by atoms with E-state index in [0.29, 0.717) is 10.4 Å². The Bertz CT molecular complexity index is 819. The summed E-state index contributed by atoms with van der Waals surface area (Å²) in [5.41, 5.74) is 2.15. The lowest BCUT2D eigenvalue weighted by molar-refractivity contribution is -0.111. The van der Waals surface area contributed by atoms with Gasteiger partial charge >= 0.3 is 5.97 Å². The summed E-state index contributed by atoms with van der Waals surface area (Å²) in [6.07, 6.45) is -0.500. The highest BCUT2D eigenvalue weighted by Crippen LogP contribution is 2.28. The van der Waals surface area contributed by atoms with Crippen molar-refractivity contribution in [3.63, 3.8) is 0 Å². The molecule has 3 aromatic rings. The van der Waals surface area contributed by atoms with Crippen LogP contribution in [0.4, 0.5) is 0 Å². The van der Waals surface area contributed by atoms with Crippen LogP contribution in [0.25, 0.3) is 0 Å². The van der Waals surface area contributed by atoms with Gasteiger partial charge in [0, 0.05) is 4.88 Å². The fourth-order valence-corrected chi connectivity index (χ4v) is 3.61. The first-order valence-corrected chi connectivity index (χ1v) is 8.96. The van der Waals surface area contributed by atoms with E-state index in [0.717, 1.165) is 11.1 Å². The van der Waals surface area contributed by atoms with Crippen LogP contribution in [0.15, 0.2) is 72.1 Å². The maximum absolute atomic E-state index is 12.7. The number of carbonyl (C=O) groups excluding carboxylic acids is 2. The fraction of sp³-hybridized carbons (Fsp3) is 0.100. The summed E-state index contributed by atoms with van der Waals surface area (Å²) in [6.45, 7) is 0. The average Bonchev–Trinajstić information content (AvgIpc) is 3.08. The molecule has 0 radical (unpaired) electrons. The number of ether oxygens (including phenoxy) is 1. The van der Waals surface area contributed by atoms with Gasteiger partial charge in [0.05, 0.1) is 12.0 Å². The monoisotopic (exact) mass is 370 g/mol. The summed E-state index contributed by atoms with van der Waals surface area (Å²) in [5.74, 6) is -0.466. The third kappa shape index (κ3) is 4.35. The molecule has 126 valence electrons. The van der Waals surface area contributed by atoms with Gasteiger partial charge in [0.15, 0.2) is 6.10 Å². The molecule has 0 spiro atoms. The van der Waals surface area contributed by atoms with Crippen LogP contribution in [-0.4, -0.2) is 11.2 Å². The van der Waals surface area contributed by atoms with E-state index in [4.69, 9.17) is 16.3 Å². The van der Waals surface area contributed by atoms with Gasteiger partial charge in [0.2, 0.25) is 5.24 Å². The van der Waals surface area contributed by atoms with Crippen molar-refractivity contribution in [3.8, 4) is 0 Å². The molecule has 0 aliphatic carbocycles. The second kappa shape index (κ2) is 8.10. The molecule has 0 amide bonds. The third-order valence-electron chi connectivity index (χ3n) is 3.69. The maximum atomic E-state index is 12.7. The van der Waals surface area contributed by atoms with Crippen LogP contribution >= 0.6 is 22.9 Å². The lowest BCUT2D eigenvalue weighted by Crippen LogP contribution is -2.14. The predicted octanol–water partition coefficient (Wildman–Crippen LogP) is 5.00. The van der Waals surface area contributed by atoms with E-state index in [1.165, 1.54) is 11.3 Å². The normalized spacial score (nSPS) is 10.6. The predicted molar refractivity (Wildman–Crippen MR) is 99.0 cm³/mol. The molecule has 0 atom stereocenters. The molecule has 0 saturated carbocycles. The molecule has 0 aliphatic rings. The van der Waals surface area contributed by atoms with E-state index in [-0.39, 0.29) is 6.42 Å². The molecule has 3 nitrogen and oxygen atoms in total. The van der Waals surface area contributed by atoms with Crippen LogP contribution in [0.3, 0.4) is 0 Å². The third-order valence-corrected chi connectivity index (χ3v) is 4.75. The molecule has 0 saturated heterocycles. The summed E-state index contributed by atoms with van der Waals surface area (Å²) in [7, 11) is 0. The zero-order valence-electron chi connectivity index (χ0n) is 13.2. The van der Waals surface area contributed by atoms with Crippen molar-refractivity contribution in [2.45, 2.75) is 12.5 Å². The largest absolute Gasteiger partial charge is 0.449 e. The number of hydrogen-bond acceptors (Lipinski definition) is 4. The molecular formula is C20H15ClO3S. The molecule has 0 N–H and O–H groups in total. The molecule has 1 aromatic heterocycles. The van der Waals surface area contributed by atoms with E-state index in [9.17, 15) is 9.59 Å². The summed E-state index contributed by atoms with van der Waals surface area (Å²) >= 11 is 6.78. The first-order chi connectivity index (χ1) is 12.1. The highest BCUT2D eigenvalue weighted by atomic mass is 35.5. The minimum atomic E-state index is -0.519. The molecule has 1 heterocycles. The van der Waals surface area contributed by atoms with Gasteiger partial charge in [-0.3, -0.25) is 4.79 Å². The van der Waals surface area contributed by atoms with Gasteiger partial charge < -0.3 is 4.74 Å². The Morgan fingerprint density at radius 3 is 2.00 bits per heavy atom. The molecule has 0 fully saturated rings. The van der Waals surface area contributed by atoms with Gasteiger partial charge in [-0.1, -0.05) is 60.7 Å². The molecule has 25 heavy (non-hydrogen) atoms. The summed E-state index contributed by atoms with van der Waals surface area (Å²) < 4.78 is 5.80. The van der Waals surface area contributed by atoms with Crippen molar-refractivity contribution in [2.75, 3.05) is 0 Å². The smallest absolute Gasteiger partial charge is 0.340 e. The Labute approximate surface area is 154 Å². The highest BCUT2D eigenvalue weighted by Gasteiger charge is 2.22. The number of hydrogen-bond donors (Lipinski definition) is 0. The molecular weight excluding hydrogens is 356 g/mol. The van der Waals surface area contributed by atoms with Gasteiger partial charge in [-0.05, 0) is 34.2 Å². The van der Waals surface area contributed by atoms with Crippen LogP contribution in [0.1, 0.15) is 32.5 Å². The van der Waals surface area contributed by atoms with Crippen molar-refractivity contribution < 1.29 is 14.3 Å². The van der Waals surface area contributed by atoms with Crippen LogP contribution in [0.2, 0.25) is 0 Å². The average molecular weight is 371 g/mol. The fourth-order valence-electron chi connectivity index (χ4n) is 2.54.